The molecule has 0 spiro atoms. The summed E-state index contributed by atoms with van der Waals surface area (Å²) in [6.07, 6.45) is 4.61. The zero-order valence-electron chi connectivity index (χ0n) is 13.9. The summed E-state index contributed by atoms with van der Waals surface area (Å²) < 4.78 is 0. The standard InChI is InChI=1S/C16H31N3OS/c1-14-12-17(6-5-11-21-3)13-16(14)19-8-4-7-18(9-10-19)15(2)20/h14,16H,4-13H2,1-3H3/t14-,16+/m0/s1. The maximum atomic E-state index is 11.5. The van der Waals surface area contributed by atoms with Crippen LogP contribution in [-0.2, 0) is 4.79 Å². The molecule has 21 heavy (non-hydrogen) atoms. The van der Waals surface area contributed by atoms with Crippen molar-refractivity contribution in [3.63, 3.8) is 0 Å². The second-order valence-corrected chi connectivity index (χ2v) is 7.53. The van der Waals surface area contributed by atoms with Crippen LogP contribution >= 0.6 is 11.8 Å². The van der Waals surface area contributed by atoms with E-state index in [1.165, 1.54) is 31.8 Å². The first-order valence-electron chi connectivity index (χ1n) is 8.32. The van der Waals surface area contributed by atoms with E-state index in [0.717, 1.165) is 38.5 Å². The number of thioether (sulfide) groups is 1. The molecule has 2 atom stereocenters. The summed E-state index contributed by atoms with van der Waals surface area (Å²) in [5.41, 5.74) is 0. The van der Waals surface area contributed by atoms with E-state index in [1.54, 1.807) is 6.92 Å². The summed E-state index contributed by atoms with van der Waals surface area (Å²) in [5.74, 6) is 2.26. The summed E-state index contributed by atoms with van der Waals surface area (Å²) in [6.45, 7) is 11.8. The quantitative estimate of drug-likeness (QED) is 0.721. The van der Waals surface area contributed by atoms with Gasteiger partial charge in [0.15, 0.2) is 0 Å². The number of likely N-dealkylation sites (tertiary alicyclic amines) is 1. The molecule has 1 amide bonds. The summed E-state index contributed by atoms with van der Waals surface area (Å²) in [6, 6.07) is 0.686. The maximum Gasteiger partial charge on any atom is 0.219 e. The van der Waals surface area contributed by atoms with E-state index in [1.807, 2.05) is 16.7 Å². The third-order valence-corrected chi connectivity index (χ3v) is 5.61. The Labute approximate surface area is 134 Å². The van der Waals surface area contributed by atoms with E-state index in [0.29, 0.717) is 6.04 Å². The largest absolute Gasteiger partial charge is 0.342 e. The van der Waals surface area contributed by atoms with Crippen LogP contribution in [0.3, 0.4) is 0 Å². The Bertz CT molecular complexity index is 339. The maximum absolute atomic E-state index is 11.5. The van der Waals surface area contributed by atoms with Crippen LogP contribution in [0.15, 0.2) is 0 Å². The molecule has 0 aromatic heterocycles. The van der Waals surface area contributed by atoms with Gasteiger partial charge in [-0.1, -0.05) is 6.92 Å². The van der Waals surface area contributed by atoms with E-state index in [9.17, 15) is 4.79 Å². The van der Waals surface area contributed by atoms with Crippen LogP contribution in [-0.4, -0.2) is 84.5 Å². The van der Waals surface area contributed by atoms with Crippen molar-refractivity contribution >= 4 is 17.7 Å². The Morgan fingerprint density at radius 3 is 2.71 bits per heavy atom. The molecule has 0 radical (unpaired) electrons. The van der Waals surface area contributed by atoms with E-state index >= 15 is 0 Å². The van der Waals surface area contributed by atoms with Gasteiger partial charge in [-0.05, 0) is 37.3 Å². The van der Waals surface area contributed by atoms with E-state index in [-0.39, 0.29) is 5.91 Å². The van der Waals surface area contributed by atoms with E-state index < -0.39 is 0 Å². The van der Waals surface area contributed by atoms with Crippen LogP contribution in [0, 0.1) is 5.92 Å². The molecule has 2 rings (SSSR count). The van der Waals surface area contributed by atoms with Crippen LogP contribution in [0.2, 0.25) is 0 Å². The first kappa shape index (κ1) is 17.1. The Hall–Kier alpha value is -0.260. The summed E-state index contributed by atoms with van der Waals surface area (Å²) in [7, 11) is 0. The fraction of sp³-hybridized carbons (Fsp3) is 0.938. The van der Waals surface area contributed by atoms with Crippen molar-refractivity contribution in [3.8, 4) is 0 Å². The lowest BCUT2D eigenvalue weighted by atomic mass is 10.0. The van der Waals surface area contributed by atoms with Crippen LogP contribution in [0.5, 0.6) is 0 Å². The highest BCUT2D eigenvalue weighted by Crippen LogP contribution is 2.23. The molecule has 2 aliphatic heterocycles. The van der Waals surface area contributed by atoms with Crippen molar-refractivity contribution < 1.29 is 4.79 Å². The van der Waals surface area contributed by atoms with E-state index in [4.69, 9.17) is 0 Å². The first-order chi connectivity index (χ1) is 10.1. The van der Waals surface area contributed by atoms with Gasteiger partial charge in [-0.25, -0.2) is 0 Å². The normalized spacial score (nSPS) is 28.8. The van der Waals surface area contributed by atoms with Gasteiger partial charge in [0.25, 0.3) is 0 Å². The van der Waals surface area contributed by atoms with Gasteiger partial charge in [-0.3, -0.25) is 9.69 Å². The molecule has 0 saturated carbocycles. The van der Waals surface area contributed by atoms with Crippen molar-refractivity contribution in [2.75, 3.05) is 57.8 Å². The predicted molar refractivity (Wildman–Crippen MR) is 90.8 cm³/mol. The average Bonchev–Trinajstić information content (AvgIpc) is 2.67. The van der Waals surface area contributed by atoms with Crippen LogP contribution in [0.25, 0.3) is 0 Å². The minimum atomic E-state index is 0.231. The minimum absolute atomic E-state index is 0.231. The number of hydrogen-bond acceptors (Lipinski definition) is 4. The molecular weight excluding hydrogens is 282 g/mol. The molecular formula is C16H31N3OS. The lowest BCUT2D eigenvalue weighted by Gasteiger charge is -2.30. The molecule has 0 aliphatic carbocycles. The SMILES string of the molecule is CSCCCN1C[C@@H](N2CCCN(C(C)=O)CC2)[C@@H](C)C1. The Morgan fingerprint density at radius 2 is 2.00 bits per heavy atom. The summed E-state index contributed by atoms with van der Waals surface area (Å²) in [5, 5.41) is 0. The van der Waals surface area contributed by atoms with Gasteiger partial charge in [0.2, 0.25) is 5.91 Å². The number of amides is 1. The Balaban J connectivity index is 1.82. The Kier molecular flexibility index (Phi) is 6.83. The highest BCUT2D eigenvalue weighted by molar-refractivity contribution is 7.98. The van der Waals surface area contributed by atoms with Crippen LogP contribution in [0.4, 0.5) is 0 Å². The zero-order valence-corrected chi connectivity index (χ0v) is 14.7. The average molecular weight is 314 g/mol. The smallest absolute Gasteiger partial charge is 0.219 e. The fourth-order valence-corrected chi connectivity index (χ4v) is 4.14. The molecule has 5 heteroatoms. The lowest BCUT2D eigenvalue weighted by Crippen LogP contribution is -2.43. The highest BCUT2D eigenvalue weighted by atomic mass is 32.2. The van der Waals surface area contributed by atoms with Gasteiger partial charge < -0.3 is 9.80 Å². The molecule has 0 bridgehead atoms. The predicted octanol–water partition coefficient (Wildman–Crippen LogP) is 1.61. The first-order valence-corrected chi connectivity index (χ1v) is 9.72. The molecule has 0 aromatic carbocycles. The van der Waals surface area contributed by atoms with Crippen molar-refractivity contribution in [1.82, 2.24) is 14.7 Å². The molecule has 0 unspecified atom stereocenters. The minimum Gasteiger partial charge on any atom is -0.342 e. The highest BCUT2D eigenvalue weighted by Gasteiger charge is 2.34. The fourth-order valence-electron chi connectivity index (χ4n) is 3.72. The summed E-state index contributed by atoms with van der Waals surface area (Å²) in [4.78, 5) is 18.8. The summed E-state index contributed by atoms with van der Waals surface area (Å²) >= 11 is 1.95. The molecule has 2 fully saturated rings. The lowest BCUT2D eigenvalue weighted by molar-refractivity contribution is -0.128. The molecule has 2 heterocycles. The molecule has 122 valence electrons. The van der Waals surface area contributed by atoms with Crippen molar-refractivity contribution in [1.29, 1.82) is 0 Å². The molecule has 4 nitrogen and oxygen atoms in total. The number of hydrogen-bond donors (Lipinski definition) is 0. The second-order valence-electron chi connectivity index (χ2n) is 6.55. The zero-order chi connectivity index (χ0) is 15.2. The van der Waals surface area contributed by atoms with Gasteiger partial charge in [0.1, 0.15) is 0 Å². The van der Waals surface area contributed by atoms with Gasteiger partial charge in [-0.2, -0.15) is 11.8 Å². The van der Waals surface area contributed by atoms with Gasteiger partial charge in [-0.15, -0.1) is 0 Å². The number of nitrogens with zero attached hydrogens (tertiary/aromatic N) is 3. The molecule has 0 aromatic rings. The third-order valence-electron chi connectivity index (χ3n) is 4.92. The molecule has 0 N–H and O–H groups in total. The molecule has 2 aliphatic rings. The Morgan fingerprint density at radius 1 is 1.19 bits per heavy atom. The van der Waals surface area contributed by atoms with Crippen molar-refractivity contribution in [2.24, 2.45) is 5.92 Å². The third kappa shape index (κ3) is 4.86. The van der Waals surface area contributed by atoms with Crippen molar-refractivity contribution in [2.45, 2.75) is 32.7 Å². The topological polar surface area (TPSA) is 26.8 Å². The van der Waals surface area contributed by atoms with Crippen molar-refractivity contribution in [3.05, 3.63) is 0 Å². The van der Waals surface area contributed by atoms with Gasteiger partial charge in [0, 0.05) is 52.2 Å². The number of rotatable bonds is 5. The van der Waals surface area contributed by atoms with Crippen LogP contribution < -0.4 is 0 Å². The number of carbonyl (C=O) groups is 1. The monoisotopic (exact) mass is 313 g/mol. The molecule has 2 saturated heterocycles. The van der Waals surface area contributed by atoms with Crippen LogP contribution in [0.1, 0.15) is 26.7 Å². The second kappa shape index (κ2) is 8.39. The van der Waals surface area contributed by atoms with Gasteiger partial charge in [0.05, 0.1) is 0 Å². The number of carbonyl (C=O) groups excluding carboxylic acids is 1. The van der Waals surface area contributed by atoms with E-state index in [2.05, 4.69) is 23.0 Å². The van der Waals surface area contributed by atoms with Gasteiger partial charge >= 0.3 is 0 Å².